The molecule has 1 aromatic rings. The van der Waals surface area contributed by atoms with E-state index in [9.17, 15) is 9.59 Å². The van der Waals surface area contributed by atoms with Gasteiger partial charge in [-0.25, -0.2) is 0 Å². The molecule has 0 spiro atoms. The van der Waals surface area contributed by atoms with Crippen LogP contribution in [0.2, 0.25) is 0 Å². The Bertz CT molecular complexity index is 518. The predicted octanol–water partition coefficient (Wildman–Crippen LogP) is 2.13. The number of amides is 2. The first kappa shape index (κ1) is 14.9. The molecule has 1 heterocycles. The molecule has 2 rings (SSSR count). The quantitative estimate of drug-likeness (QED) is 0.868. The first-order valence-corrected chi connectivity index (χ1v) is 8.00. The van der Waals surface area contributed by atoms with Crippen molar-refractivity contribution in [2.45, 2.75) is 30.7 Å². The monoisotopic (exact) mass is 292 g/mol. The number of likely N-dealkylation sites (tertiary alicyclic amines) is 1. The molecule has 0 radical (unpaired) electrons. The molecule has 1 aliphatic rings. The van der Waals surface area contributed by atoms with E-state index in [0.29, 0.717) is 24.4 Å². The van der Waals surface area contributed by atoms with Gasteiger partial charge in [0.2, 0.25) is 5.91 Å². The lowest BCUT2D eigenvalue weighted by atomic mass is 9.91. The van der Waals surface area contributed by atoms with E-state index in [-0.39, 0.29) is 5.91 Å². The third-order valence-corrected chi connectivity index (χ3v) is 4.59. The number of nitrogens with two attached hydrogens (primary N) is 1. The summed E-state index contributed by atoms with van der Waals surface area (Å²) in [5, 5.41) is 0. The smallest absolute Gasteiger partial charge is 0.255 e. The molecular weight excluding hydrogens is 272 g/mol. The fourth-order valence-corrected chi connectivity index (χ4v) is 3.22. The second-order valence-electron chi connectivity index (χ2n) is 5.25. The molecule has 1 fully saturated rings. The number of carbonyl (C=O) groups excluding carboxylic acids is 2. The van der Waals surface area contributed by atoms with Crippen LogP contribution in [-0.2, 0) is 4.79 Å². The average molecular weight is 292 g/mol. The molecule has 5 heteroatoms. The number of piperidine rings is 1. The molecule has 0 saturated carbocycles. The maximum Gasteiger partial charge on any atom is 0.255 e. The molecule has 0 aliphatic carbocycles. The fraction of sp³-hybridized carbons (Fsp3) is 0.467. The number of nitrogens with zero attached hydrogens (tertiary/aromatic N) is 1. The van der Waals surface area contributed by atoms with Gasteiger partial charge >= 0.3 is 0 Å². The summed E-state index contributed by atoms with van der Waals surface area (Å²) in [4.78, 5) is 26.9. The SMILES string of the molecule is CSc1ccccc1C(=O)N1CC[C@H](C)C[C@@H]1C(N)=O. The topological polar surface area (TPSA) is 63.4 Å². The summed E-state index contributed by atoms with van der Waals surface area (Å²) in [6, 6.07) is 7.00. The Kier molecular flexibility index (Phi) is 4.70. The number of hydrogen-bond acceptors (Lipinski definition) is 3. The van der Waals surface area contributed by atoms with Crippen LogP contribution in [0.5, 0.6) is 0 Å². The van der Waals surface area contributed by atoms with Crippen molar-refractivity contribution in [1.82, 2.24) is 4.90 Å². The third kappa shape index (κ3) is 2.98. The molecule has 1 saturated heterocycles. The van der Waals surface area contributed by atoms with Gasteiger partial charge in [0.1, 0.15) is 6.04 Å². The van der Waals surface area contributed by atoms with Crippen molar-refractivity contribution in [3.05, 3.63) is 29.8 Å². The van der Waals surface area contributed by atoms with Gasteiger partial charge in [0.25, 0.3) is 5.91 Å². The zero-order valence-electron chi connectivity index (χ0n) is 11.8. The third-order valence-electron chi connectivity index (χ3n) is 3.79. The average Bonchev–Trinajstić information content (AvgIpc) is 2.46. The molecule has 2 N–H and O–H groups in total. The van der Waals surface area contributed by atoms with Crippen LogP contribution in [0.4, 0.5) is 0 Å². The summed E-state index contributed by atoms with van der Waals surface area (Å²) < 4.78 is 0. The number of carbonyl (C=O) groups is 2. The van der Waals surface area contributed by atoms with Gasteiger partial charge in [-0.05, 0) is 37.1 Å². The van der Waals surface area contributed by atoms with Crippen molar-refractivity contribution >= 4 is 23.6 Å². The fourth-order valence-electron chi connectivity index (χ4n) is 2.63. The zero-order chi connectivity index (χ0) is 14.7. The second kappa shape index (κ2) is 6.31. The van der Waals surface area contributed by atoms with Crippen molar-refractivity contribution in [1.29, 1.82) is 0 Å². The highest BCUT2D eigenvalue weighted by atomic mass is 32.2. The molecule has 20 heavy (non-hydrogen) atoms. The van der Waals surface area contributed by atoms with E-state index in [0.717, 1.165) is 11.3 Å². The number of hydrogen-bond donors (Lipinski definition) is 1. The lowest BCUT2D eigenvalue weighted by molar-refractivity contribution is -0.124. The van der Waals surface area contributed by atoms with Crippen LogP contribution in [0.25, 0.3) is 0 Å². The molecule has 1 aliphatic heterocycles. The zero-order valence-corrected chi connectivity index (χ0v) is 12.7. The molecule has 0 aromatic heterocycles. The van der Waals surface area contributed by atoms with Crippen LogP contribution < -0.4 is 5.73 Å². The molecule has 0 unspecified atom stereocenters. The number of benzene rings is 1. The Morgan fingerprint density at radius 1 is 1.35 bits per heavy atom. The summed E-state index contributed by atoms with van der Waals surface area (Å²) >= 11 is 1.53. The van der Waals surface area contributed by atoms with E-state index in [4.69, 9.17) is 5.73 Å². The van der Waals surface area contributed by atoms with Crippen molar-refractivity contribution in [3.8, 4) is 0 Å². The van der Waals surface area contributed by atoms with E-state index in [2.05, 4.69) is 6.92 Å². The van der Waals surface area contributed by atoms with Gasteiger partial charge in [-0.3, -0.25) is 9.59 Å². The molecular formula is C15H20N2O2S. The van der Waals surface area contributed by atoms with E-state index in [1.807, 2.05) is 30.5 Å². The number of rotatable bonds is 3. The van der Waals surface area contributed by atoms with Crippen LogP contribution in [0, 0.1) is 5.92 Å². The summed E-state index contributed by atoms with van der Waals surface area (Å²) in [7, 11) is 0. The highest BCUT2D eigenvalue weighted by Crippen LogP contribution is 2.27. The largest absolute Gasteiger partial charge is 0.368 e. The number of thioether (sulfide) groups is 1. The van der Waals surface area contributed by atoms with Crippen LogP contribution in [-0.4, -0.2) is 35.6 Å². The van der Waals surface area contributed by atoms with Crippen molar-refractivity contribution < 1.29 is 9.59 Å². The highest BCUT2D eigenvalue weighted by Gasteiger charge is 2.34. The Morgan fingerprint density at radius 2 is 2.05 bits per heavy atom. The minimum absolute atomic E-state index is 0.0920. The molecule has 1 aromatic carbocycles. The van der Waals surface area contributed by atoms with Crippen molar-refractivity contribution in [2.24, 2.45) is 11.7 Å². The van der Waals surface area contributed by atoms with E-state index < -0.39 is 11.9 Å². The predicted molar refractivity (Wildman–Crippen MR) is 80.6 cm³/mol. The number of primary amides is 1. The first-order valence-electron chi connectivity index (χ1n) is 6.78. The Morgan fingerprint density at radius 3 is 2.70 bits per heavy atom. The minimum atomic E-state index is -0.485. The van der Waals surface area contributed by atoms with Crippen molar-refractivity contribution in [2.75, 3.05) is 12.8 Å². The maximum absolute atomic E-state index is 12.7. The summed E-state index contributed by atoms with van der Waals surface area (Å²) in [5.74, 6) is -0.0791. The van der Waals surface area contributed by atoms with Crippen LogP contribution in [0.15, 0.2) is 29.2 Å². The minimum Gasteiger partial charge on any atom is -0.368 e. The maximum atomic E-state index is 12.7. The highest BCUT2D eigenvalue weighted by molar-refractivity contribution is 7.98. The van der Waals surface area contributed by atoms with E-state index in [1.54, 1.807) is 4.90 Å². The molecule has 2 amide bonds. The lowest BCUT2D eigenvalue weighted by Crippen LogP contribution is -2.52. The molecule has 108 valence electrons. The van der Waals surface area contributed by atoms with Crippen LogP contribution in [0.1, 0.15) is 30.1 Å². The van der Waals surface area contributed by atoms with Gasteiger partial charge in [0.05, 0.1) is 5.56 Å². The lowest BCUT2D eigenvalue weighted by Gasteiger charge is -2.37. The summed E-state index contributed by atoms with van der Waals surface area (Å²) in [6.45, 7) is 2.68. The Labute approximate surface area is 123 Å². The second-order valence-corrected chi connectivity index (χ2v) is 6.09. The van der Waals surface area contributed by atoms with Gasteiger partial charge in [0.15, 0.2) is 0 Å². The standard InChI is InChI=1S/C15H20N2O2S/c1-10-7-8-17(12(9-10)14(16)18)15(19)11-5-3-4-6-13(11)20-2/h3-6,10,12H,7-9H2,1-2H3,(H2,16,18)/t10-,12+/m0/s1. The normalized spacial score (nSPS) is 22.6. The Hall–Kier alpha value is -1.49. The summed E-state index contributed by atoms with van der Waals surface area (Å²) in [6.07, 6.45) is 3.51. The van der Waals surface area contributed by atoms with Gasteiger partial charge in [-0.15, -0.1) is 11.8 Å². The van der Waals surface area contributed by atoms with Crippen molar-refractivity contribution in [3.63, 3.8) is 0 Å². The van der Waals surface area contributed by atoms with Crippen LogP contribution in [0.3, 0.4) is 0 Å². The molecule has 0 bridgehead atoms. The van der Waals surface area contributed by atoms with Gasteiger partial charge in [-0.2, -0.15) is 0 Å². The Balaban J connectivity index is 2.29. The van der Waals surface area contributed by atoms with E-state index in [1.165, 1.54) is 11.8 Å². The molecule has 4 nitrogen and oxygen atoms in total. The van der Waals surface area contributed by atoms with Gasteiger partial charge < -0.3 is 10.6 Å². The molecule has 2 atom stereocenters. The first-order chi connectivity index (χ1) is 9.54. The van der Waals surface area contributed by atoms with Gasteiger partial charge in [-0.1, -0.05) is 19.1 Å². The van der Waals surface area contributed by atoms with Crippen LogP contribution >= 0.6 is 11.8 Å². The van der Waals surface area contributed by atoms with Gasteiger partial charge in [0, 0.05) is 11.4 Å². The summed E-state index contributed by atoms with van der Waals surface area (Å²) in [5.41, 5.74) is 6.12. The van der Waals surface area contributed by atoms with E-state index >= 15 is 0 Å².